The zero-order chi connectivity index (χ0) is 24.1. The summed E-state index contributed by atoms with van der Waals surface area (Å²) in [6, 6.07) is 9.53. The van der Waals surface area contributed by atoms with Gasteiger partial charge in [0, 0.05) is 12.5 Å². The average molecular weight is 465 g/mol. The smallest absolute Gasteiger partial charge is 0.330 e. The Morgan fingerprint density at radius 3 is 2.68 bits per heavy atom. The number of aromatic amines is 1. The molecule has 34 heavy (non-hydrogen) atoms. The molecule has 0 fully saturated rings. The molecule has 9 nitrogen and oxygen atoms in total. The minimum absolute atomic E-state index is 0.124. The Balaban J connectivity index is 1.69. The van der Waals surface area contributed by atoms with E-state index >= 15 is 0 Å². The quantitative estimate of drug-likeness (QED) is 0.464. The van der Waals surface area contributed by atoms with E-state index in [2.05, 4.69) is 21.2 Å². The summed E-state index contributed by atoms with van der Waals surface area (Å²) in [6.45, 7) is 5.01. The molecule has 0 aliphatic heterocycles. The number of nitrogen functional groups attached to an aromatic ring is 1. The number of nitrogens with one attached hydrogen (secondary N) is 1. The number of H-pyrrole nitrogens is 1. The highest BCUT2D eigenvalue weighted by Crippen LogP contribution is 2.25. The number of anilines is 2. The van der Waals surface area contributed by atoms with Crippen LogP contribution >= 0.6 is 0 Å². The maximum absolute atomic E-state index is 13.0. The summed E-state index contributed by atoms with van der Waals surface area (Å²) in [5, 5.41) is 4.05. The first-order valence-corrected chi connectivity index (χ1v) is 11.8. The minimum Gasteiger partial charge on any atom is -0.383 e. The molecule has 0 saturated heterocycles. The molecule has 1 aromatic carbocycles. The van der Waals surface area contributed by atoms with E-state index in [4.69, 9.17) is 10.3 Å². The maximum atomic E-state index is 13.0. The molecule has 2 aromatic heterocycles. The Kier molecular flexibility index (Phi) is 7.30. The first-order chi connectivity index (χ1) is 16.4. The van der Waals surface area contributed by atoms with Gasteiger partial charge in [0.05, 0.1) is 13.1 Å². The normalized spacial score (nSPS) is 13.8. The summed E-state index contributed by atoms with van der Waals surface area (Å²) in [7, 11) is 0. The third kappa shape index (κ3) is 5.47. The van der Waals surface area contributed by atoms with Gasteiger partial charge >= 0.3 is 5.69 Å². The van der Waals surface area contributed by atoms with E-state index in [0.29, 0.717) is 18.3 Å². The Bertz CT molecular complexity index is 1260. The van der Waals surface area contributed by atoms with Gasteiger partial charge in [-0.2, -0.15) is 4.98 Å². The molecule has 0 spiro atoms. The fraction of sp³-hybridized carbons (Fsp3) is 0.440. The molecule has 0 saturated carbocycles. The molecule has 4 rings (SSSR count). The lowest BCUT2D eigenvalue weighted by Crippen LogP contribution is -2.39. The summed E-state index contributed by atoms with van der Waals surface area (Å²) >= 11 is 0. The van der Waals surface area contributed by atoms with Gasteiger partial charge in [-0.3, -0.25) is 14.3 Å². The second-order valence-corrected chi connectivity index (χ2v) is 9.05. The minimum atomic E-state index is -0.537. The summed E-state index contributed by atoms with van der Waals surface area (Å²) in [5.41, 5.74) is 7.94. The van der Waals surface area contributed by atoms with Crippen molar-refractivity contribution in [3.8, 4) is 0 Å². The van der Waals surface area contributed by atoms with Crippen LogP contribution in [0.4, 0.5) is 11.5 Å². The lowest BCUT2D eigenvalue weighted by Gasteiger charge is -2.26. The molecule has 2 heterocycles. The van der Waals surface area contributed by atoms with Gasteiger partial charge in [-0.05, 0) is 37.7 Å². The maximum Gasteiger partial charge on any atom is 0.330 e. The zero-order valence-electron chi connectivity index (χ0n) is 19.8. The molecule has 0 unspecified atom stereocenters. The van der Waals surface area contributed by atoms with Crippen molar-refractivity contribution in [2.24, 2.45) is 0 Å². The SMILES string of the molecule is CC(C)c1noc(CN(CCC2=CCCCC2)c2c(N)n(Cc3ccccc3)c(=O)[nH]c2=O)n1. The molecule has 3 aromatic rings. The molecule has 180 valence electrons. The highest BCUT2D eigenvalue weighted by Gasteiger charge is 2.22. The van der Waals surface area contributed by atoms with E-state index in [0.717, 1.165) is 24.8 Å². The number of allylic oxidation sites excluding steroid dienone is 1. The molecule has 1 aliphatic rings. The van der Waals surface area contributed by atoms with Crippen molar-refractivity contribution >= 4 is 11.5 Å². The summed E-state index contributed by atoms with van der Waals surface area (Å²) in [4.78, 5) is 34.4. The molecule has 0 atom stereocenters. The number of rotatable bonds is 9. The monoisotopic (exact) mass is 464 g/mol. The van der Waals surface area contributed by atoms with Gasteiger partial charge in [0.1, 0.15) is 11.5 Å². The number of nitrogens with zero attached hydrogens (tertiary/aromatic N) is 4. The van der Waals surface area contributed by atoms with Gasteiger partial charge in [0.2, 0.25) is 5.89 Å². The van der Waals surface area contributed by atoms with Crippen LogP contribution in [0.25, 0.3) is 0 Å². The van der Waals surface area contributed by atoms with E-state index in [1.165, 1.54) is 23.0 Å². The molecule has 9 heteroatoms. The first-order valence-electron chi connectivity index (χ1n) is 11.8. The number of hydrogen-bond acceptors (Lipinski definition) is 7. The number of nitrogens with two attached hydrogens (primary N) is 1. The number of hydrogen-bond donors (Lipinski definition) is 2. The molecule has 0 radical (unpaired) electrons. The van der Waals surface area contributed by atoms with Crippen LogP contribution in [-0.4, -0.2) is 26.2 Å². The highest BCUT2D eigenvalue weighted by atomic mass is 16.5. The largest absolute Gasteiger partial charge is 0.383 e. The summed E-state index contributed by atoms with van der Waals surface area (Å²) in [6.07, 6.45) is 7.62. The second kappa shape index (κ2) is 10.5. The molecule has 1 aliphatic carbocycles. The summed E-state index contributed by atoms with van der Waals surface area (Å²) in [5.74, 6) is 1.26. The van der Waals surface area contributed by atoms with Crippen molar-refractivity contribution in [3.05, 3.63) is 80.1 Å². The van der Waals surface area contributed by atoms with Crippen LogP contribution in [0.3, 0.4) is 0 Å². The highest BCUT2D eigenvalue weighted by molar-refractivity contribution is 5.62. The van der Waals surface area contributed by atoms with Crippen LogP contribution in [0.2, 0.25) is 0 Å². The third-order valence-electron chi connectivity index (χ3n) is 6.13. The molecular weight excluding hydrogens is 432 g/mol. The Morgan fingerprint density at radius 1 is 1.21 bits per heavy atom. The summed E-state index contributed by atoms with van der Waals surface area (Å²) < 4.78 is 6.86. The Morgan fingerprint density at radius 2 is 2.00 bits per heavy atom. The lowest BCUT2D eigenvalue weighted by molar-refractivity contribution is 0.369. The van der Waals surface area contributed by atoms with Gasteiger partial charge < -0.3 is 15.2 Å². The predicted octanol–water partition coefficient (Wildman–Crippen LogP) is 3.57. The van der Waals surface area contributed by atoms with Gasteiger partial charge in [0.15, 0.2) is 5.82 Å². The van der Waals surface area contributed by atoms with Crippen molar-refractivity contribution in [2.45, 2.75) is 65.0 Å². The molecule has 0 bridgehead atoms. The lowest BCUT2D eigenvalue weighted by atomic mass is 9.97. The average Bonchev–Trinajstić information content (AvgIpc) is 3.30. The Hall–Kier alpha value is -3.62. The van der Waals surface area contributed by atoms with Crippen LogP contribution < -0.4 is 21.9 Å². The van der Waals surface area contributed by atoms with Crippen LogP contribution in [0.5, 0.6) is 0 Å². The Labute approximate surface area is 198 Å². The van der Waals surface area contributed by atoms with Gasteiger partial charge in [0.25, 0.3) is 5.56 Å². The van der Waals surface area contributed by atoms with E-state index in [9.17, 15) is 9.59 Å². The molecule has 0 amide bonds. The van der Waals surface area contributed by atoms with Crippen molar-refractivity contribution < 1.29 is 4.52 Å². The topological polar surface area (TPSA) is 123 Å². The van der Waals surface area contributed by atoms with Crippen molar-refractivity contribution in [1.29, 1.82) is 0 Å². The fourth-order valence-corrected chi connectivity index (χ4v) is 4.22. The van der Waals surface area contributed by atoms with Crippen molar-refractivity contribution in [3.63, 3.8) is 0 Å². The standard InChI is InChI=1S/C25H32N6O3/c1-17(2)23-27-20(34-29-23)16-30(14-13-18-9-5-3-6-10-18)21-22(26)31(25(33)28-24(21)32)15-19-11-7-4-8-12-19/h4,7-9,11-12,17H,3,5-6,10,13-16,26H2,1-2H3,(H,28,32,33). The van der Waals surface area contributed by atoms with Crippen molar-refractivity contribution in [2.75, 3.05) is 17.2 Å². The van der Waals surface area contributed by atoms with Gasteiger partial charge in [-0.1, -0.05) is 61.0 Å². The molecular formula is C25H32N6O3. The second-order valence-electron chi connectivity index (χ2n) is 9.05. The van der Waals surface area contributed by atoms with Crippen molar-refractivity contribution in [1.82, 2.24) is 19.7 Å². The van der Waals surface area contributed by atoms with E-state index < -0.39 is 11.2 Å². The van der Waals surface area contributed by atoms with Crippen LogP contribution in [0.1, 0.15) is 69.1 Å². The van der Waals surface area contributed by atoms with E-state index in [1.807, 2.05) is 49.1 Å². The fourth-order valence-electron chi connectivity index (χ4n) is 4.22. The van der Waals surface area contributed by atoms with Gasteiger partial charge in [-0.25, -0.2) is 4.79 Å². The van der Waals surface area contributed by atoms with E-state index in [1.54, 1.807) is 0 Å². The number of benzene rings is 1. The van der Waals surface area contributed by atoms with Gasteiger partial charge in [-0.15, -0.1) is 0 Å². The molecule has 3 N–H and O–H groups in total. The zero-order valence-corrected chi connectivity index (χ0v) is 19.8. The van der Waals surface area contributed by atoms with Crippen LogP contribution in [-0.2, 0) is 13.1 Å². The number of aromatic nitrogens is 4. The van der Waals surface area contributed by atoms with E-state index in [-0.39, 0.29) is 30.5 Å². The third-order valence-corrected chi connectivity index (χ3v) is 6.13. The van der Waals surface area contributed by atoms with Crippen LogP contribution in [0.15, 0.2) is 56.1 Å². The first kappa shape index (κ1) is 23.5. The van der Waals surface area contributed by atoms with Crippen LogP contribution in [0, 0.1) is 0 Å². The predicted molar refractivity (Wildman–Crippen MR) is 132 cm³/mol.